The Bertz CT molecular complexity index is 114. The quantitative estimate of drug-likeness (QED) is 0.443. The van der Waals surface area contributed by atoms with Crippen molar-refractivity contribution in [1.29, 1.82) is 5.41 Å². The Kier molecular flexibility index (Phi) is 4.02. The summed E-state index contributed by atoms with van der Waals surface area (Å²) >= 11 is 0. The Hall–Kier alpha value is -0.590. The minimum atomic E-state index is 0.535. The molecule has 0 bridgehead atoms. The van der Waals surface area contributed by atoms with E-state index in [-0.39, 0.29) is 0 Å². The molecule has 0 saturated carbocycles. The second kappa shape index (κ2) is 4.30. The lowest BCUT2D eigenvalue weighted by Crippen LogP contribution is -1.96. The van der Waals surface area contributed by atoms with Gasteiger partial charge in [0.05, 0.1) is 0 Å². The van der Waals surface area contributed by atoms with Gasteiger partial charge in [-0.2, -0.15) is 0 Å². The first kappa shape index (κ1) is 8.41. The van der Waals surface area contributed by atoms with E-state index in [1.165, 1.54) is 0 Å². The van der Waals surface area contributed by atoms with Gasteiger partial charge in [0.25, 0.3) is 0 Å². The Balaban J connectivity index is 3.50. The normalized spacial score (nSPS) is 14.1. The highest BCUT2D eigenvalue weighted by molar-refractivity contribution is 5.78. The fourth-order valence-corrected chi connectivity index (χ4v) is 0.880. The standard InChI is InChI=1S/C8H15N/c1-4-5-7(2)6-8(3)9/h4-5,7,9H,6H2,1-3H3. The van der Waals surface area contributed by atoms with Crippen molar-refractivity contribution in [2.75, 3.05) is 0 Å². The molecule has 0 amide bonds. The highest BCUT2D eigenvalue weighted by atomic mass is 14.4. The smallest absolute Gasteiger partial charge is 0.00639 e. The van der Waals surface area contributed by atoms with E-state index in [0.29, 0.717) is 5.92 Å². The molecule has 0 rings (SSSR count). The van der Waals surface area contributed by atoms with Gasteiger partial charge in [-0.1, -0.05) is 19.1 Å². The summed E-state index contributed by atoms with van der Waals surface area (Å²) in [4.78, 5) is 0. The summed E-state index contributed by atoms with van der Waals surface area (Å²) < 4.78 is 0. The minimum absolute atomic E-state index is 0.535. The Labute approximate surface area is 57.3 Å². The maximum Gasteiger partial charge on any atom is 0.00639 e. The molecule has 0 aromatic carbocycles. The van der Waals surface area contributed by atoms with Gasteiger partial charge in [0.1, 0.15) is 0 Å². The van der Waals surface area contributed by atoms with Gasteiger partial charge in [-0.3, -0.25) is 0 Å². The van der Waals surface area contributed by atoms with Gasteiger partial charge in [-0.15, -0.1) is 0 Å². The van der Waals surface area contributed by atoms with Gasteiger partial charge < -0.3 is 5.41 Å². The van der Waals surface area contributed by atoms with Crippen molar-refractivity contribution in [1.82, 2.24) is 0 Å². The van der Waals surface area contributed by atoms with Crippen LogP contribution in [0.1, 0.15) is 27.2 Å². The SMILES string of the molecule is CC=CC(C)CC(C)=N. The summed E-state index contributed by atoms with van der Waals surface area (Å²) in [7, 11) is 0. The number of rotatable bonds is 3. The largest absolute Gasteiger partial charge is 0.310 e. The first-order valence-electron chi connectivity index (χ1n) is 3.33. The number of allylic oxidation sites excluding steroid dienone is 2. The predicted molar refractivity (Wildman–Crippen MR) is 42.0 cm³/mol. The molecular weight excluding hydrogens is 110 g/mol. The van der Waals surface area contributed by atoms with Crippen LogP contribution >= 0.6 is 0 Å². The van der Waals surface area contributed by atoms with Crippen LogP contribution in [-0.4, -0.2) is 5.71 Å². The van der Waals surface area contributed by atoms with Crippen molar-refractivity contribution >= 4 is 5.71 Å². The highest BCUT2D eigenvalue weighted by Crippen LogP contribution is 2.03. The lowest BCUT2D eigenvalue weighted by Gasteiger charge is -2.01. The summed E-state index contributed by atoms with van der Waals surface area (Å²) in [5.74, 6) is 0.535. The molecule has 0 fully saturated rings. The van der Waals surface area contributed by atoms with E-state index >= 15 is 0 Å². The van der Waals surface area contributed by atoms with Crippen LogP contribution in [0.5, 0.6) is 0 Å². The third-order valence-electron chi connectivity index (χ3n) is 1.15. The van der Waals surface area contributed by atoms with E-state index in [9.17, 15) is 0 Å². The molecule has 1 unspecified atom stereocenters. The monoisotopic (exact) mass is 125 g/mol. The first-order valence-corrected chi connectivity index (χ1v) is 3.33. The second-order valence-corrected chi connectivity index (χ2v) is 2.49. The molecule has 0 aliphatic rings. The highest BCUT2D eigenvalue weighted by Gasteiger charge is 1.95. The van der Waals surface area contributed by atoms with E-state index in [4.69, 9.17) is 5.41 Å². The van der Waals surface area contributed by atoms with Gasteiger partial charge in [0, 0.05) is 5.71 Å². The summed E-state index contributed by atoms with van der Waals surface area (Å²) in [5, 5.41) is 7.17. The van der Waals surface area contributed by atoms with Crippen LogP contribution in [0.25, 0.3) is 0 Å². The van der Waals surface area contributed by atoms with Crippen LogP contribution in [0.4, 0.5) is 0 Å². The molecule has 0 saturated heterocycles. The maximum absolute atomic E-state index is 7.17. The van der Waals surface area contributed by atoms with Gasteiger partial charge in [-0.05, 0) is 26.2 Å². The predicted octanol–water partition coefficient (Wildman–Crippen LogP) is 2.63. The zero-order chi connectivity index (χ0) is 7.28. The van der Waals surface area contributed by atoms with Crippen LogP contribution in [0.3, 0.4) is 0 Å². The summed E-state index contributed by atoms with van der Waals surface area (Å²) in [6, 6.07) is 0. The molecule has 0 spiro atoms. The van der Waals surface area contributed by atoms with Crippen molar-refractivity contribution < 1.29 is 0 Å². The molecule has 0 radical (unpaired) electrons. The number of hydrogen-bond acceptors (Lipinski definition) is 1. The molecular formula is C8H15N. The summed E-state index contributed by atoms with van der Waals surface area (Å²) in [6.07, 6.45) is 5.05. The molecule has 1 N–H and O–H groups in total. The Morgan fingerprint density at radius 1 is 1.67 bits per heavy atom. The lowest BCUT2D eigenvalue weighted by molar-refractivity contribution is 0.762. The molecule has 1 heteroatoms. The van der Waals surface area contributed by atoms with Crippen LogP contribution in [0.2, 0.25) is 0 Å². The topological polar surface area (TPSA) is 23.9 Å². The molecule has 9 heavy (non-hydrogen) atoms. The van der Waals surface area contributed by atoms with Crippen molar-refractivity contribution in [2.45, 2.75) is 27.2 Å². The zero-order valence-corrected chi connectivity index (χ0v) is 6.44. The van der Waals surface area contributed by atoms with E-state index < -0.39 is 0 Å². The van der Waals surface area contributed by atoms with Crippen molar-refractivity contribution in [3.05, 3.63) is 12.2 Å². The number of nitrogens with one attached hydrogen (secondary N) is 1. The van der Waals surface area contributed by atoms with Crippen LogP contribution < -0.4 is 0 Å². The lowest BCUT2D eigenvalue weighted by atomic mass is 10.1. The first-order chi connectivity index (χ1) is 4.16. The summed E-state index contributed by atoms with van der Waals surface area (Å²) in [6.45, 7) is 5.98. The molecule has 0 aromatic rings. The summed E-state index contributed by atoms with van der Waals surface area (Å²) in [5.41, 5.74) is 0.764. The van der Waals surface area contributed by atoms with Crippen LogP contribution in [0.15, 0.2) is 12.2 Å². The van der Waals surface area contributed by atoms with E-state index in [1.54, 1.807) is 0 Å². The number of hydrogen-bond donors (Lipinski definition) is 1. The van der Waals surface area contributed by atoms with Crippen molar-refractivity contribution in [3.63, 3.8) is 0 Å². The van der Waals surface area contributed by atoms with Gasteiger partial charge >= 0.3 is 0 Å². The molecule has 1 nitrogen and oxygen atoms in total. The third kappa shape index (κ3) is 5.28. The van der Waals surface area contributed by atoms with Crippen molar-refractivity contribution in [2.24, 2.45) is 5.92 Å². The Morgan fingerprint density at radius 2 is 2.22 bits per heavy atom. The molecule has 0 aliphatic heterocycles. The average molecular weight is 125 g/mol. The van der Waals surface area contributed by atoms with Gasteiger partial charge in [0.15, 0.2) is 0 Å². The van der Waals surface area contributed by atoms with E-state index in [0.717, 1.165) is 12.1 Å². The molecule has 52 valence electrons. The minimum Gasteiger partial charge on any atom is -0.310 e. The molecule has 0 heterocycles. The van der Waals surface area contributed by atoms with Crippen molar-refractivity contribution in [3.8, 4) is 0 Å². The zero-order valence-electron chi connectivity index (χ0n) is 6.44. The molecule has 0 aromatic heterocycles. The van der Waals surface area contributed by atoms with Crippen LogP contribution in [0, 0.1) is 11.3 Å². The maximum atomic E-state index is 7.17. The van der Waals surface area contributed by atoms with Gasteiger partial charge in [0.2, 0.25) is 0 Å². The molecule has 0 aliphatic carbocycles. The van der Waals surface area contributed by atoms with E-state index in [2.05, 4.69) is 13.0 Å². The average Bonchev–Trinajstić information content (AvgIpc) is 1.63. The fraction of sp³-hybridized carbons (Fsp3) is 0.625. The third-order valence-corrected chi connectivity index (χ3v) is 1.15. The molecule has 1 atom stereocenters. The van der Waals surface area contributed by atoms with E-state index in [1.807, 2.05) is 19.9 Å². The fourth-order valence-electron chi connectivity index (χ4n) is 0.880. The Morgan fingerprint density at radius 3 is 2.56 bits per heavy atom. The van der Waals surface area contributed by atoms with Crippen LogP contribution in [-0.2, 0) is 0 Å². The second-order valence-electron chi connectivity index (χ2n) is 2.49. The van der Waals surface area contributed by atoms with Gasteiger partial charge in [-0.25, -0.2) is 0 Å².